The first kappa shape index (κ1) is 11.8. The number of halogens is 1. The summed E-state index contributed by atoms with van der Waals surface area (Å²) in [4.78, 5) is 0. The smallest absolute Gasteiger partial charge is 0.0702 e. The minimum atomic E-state index is 0.193. The Morgan fingerprint density at radius 2 is 2.16 bits per heavy atom. The van der Waals surface area contributed by atoms with Crippen molar-refractivity contribution in [3.8, 4) is 0 Å². The standard InChI is InChI=1S/C16H18ClNO/c17-14-3-1-4-15-13(14)5-9-18(15)12-6-10-19-16(11-12)7-2-8-16/h1,3-5,9,12H,2,6-8,10-11H2. The Kier molecular flexibility index (Phi) is 2.64. The summed E-state index contributed by atoms with van der Waals surface area (Å²) in [5.41, 5.74) is 1.45. The topological polar surface area (TPSA) is 14.2 Å². The van der Waals surface area contributed by atoms with E-state index in [1.54, 1.807) is 0 Å². The Labute approximate surface area is 118 Å². The second-order valence-electron chi connectivity index (χ2n) is 5.93. The van der Waals surface area contributed by atoms with Crippen LogP contribution in [0.5, 0.6) is 0 Å². The van der Waals surface area contributed by atoms with E-state index in [4.69, 9.17) is 16.3 Å². The number of aromatic nitrogens is 1. The van der Waals surface area contributed by atoms with Crippen molar-refractivity contribution in [1.29, 1.82) is 0 Å². The minimum Gasteiger partial charge on any atom is -0.375 e. The molecule has 2 heterocycles. The highest BCUT2D eigenvalue weighted by atomic mass is 35.5. The van der Waals surface area contributed by atoms with E-state index in [2.05, 4.69) is 22.9 Å². The molecule has 0 radical (unpaired) electrons. The van der Waals surface area contributed by atoms with Gasteiger partial charge in [0.2, 0.25) is 0 Å². The molecule has 1 aromatic heterocycles. The van der Waals surface area contributed by atoms with E-state index in [1.165, 1.54) is 30.2 Å². The number of ether oxygens (including phenoxy) is 1. The summed E-state index contributed by atoms with van der Waals surface area (Å²) in [5.74, 6) is 0. The minimum absolute atomic E-state index is 0.193. The van der Waals surface area contributed by atoms with Gasteiger partial charge >= 0.3 is 0 Å². The van der Waals surface area contributed by atoms with Gasteiger partial charge in [-0.05, 0) is 50.3 Å². The third-order valence-electron chi connectivity index (χ3n) is 4.84. The van der Waals surface area contributed by atoms with E-state index in [9.17, 15) is 0 Å². The van der Waals surface area contributed by atoms with Crippen LogP contribution in [0.1, 0.15) is 38.1 Å². The van der Waals surface area contributed by atoms with E-state index in [-0.39, 0.29) is 5.60 Å². The van der Waals surface area contributed by atoms with E-state index in [1.807, 2.05) is 12.1 Å². The lowest BCUT2D eigenvalue weighted by atomic mass is 9.74. The largest absolute Gasteiger partial charge is 0.375 e. The van der Waals surface area contributed by atoms with Gasteiger partial charge in [-0.25, -0.2) is 0 Å². The Hall–Kier alpha value is -0.990. The second-order valence-corrected chi connectivity index (χ2v) is 6.33. The molecule has 0 amide bonds. The van der Waals surface area contributed by atoms with Crippen molar-refractivity contribution in [3.63, 3.8) is 0 Å². The van der Waals surface area contributed by atoms with E-state index >= 15 is 0 Å². The monoisotopic (exact) mass is 275 g/mol. The Morgan fingerprint density at radius 3 is 2.95 bits per heavy atom. The third-order valence-corrected chi connectivity index (χ3v) is 5.16. The molecule has 0 N–H and O–H groups in total. The van der Waals surface area contributed by atoms with Crippen LogP contribution in [-0.4, -0.2) is 16.8 Å². The summed E-state index contributed by atoms with van der Waals surface area (Å²) in [6.45, 7) is 0.894. The number of nitrogens with zero attached hydrogens (tertiary/aromatic N) is 1. The fourth-order valence-electron chi connectivity index (χ4n) is 3.63. The molecule has 1 spiro atoms. The zero-order chi connectivity index (χ0) is 12.9. The molecule has 1 aliphatic heterocycles. The van der Waals surface area contributed by atoms with Gasteiger partial charge in [-0.2, -0.15) is 0 Å². The average molecular weight is 276 g/mol. The van der Waals surface area contributed by atoms with Crippen molar-refractivity contribution < 1.29 is 4.74 Å². The van der Waals surface area contributed by atoms with Crippen molar-refractivity contribution in [2.24, 2.45) is 0 Å². The van der Waals surface area contributed by atoms with Gasteiger partial charge in [0.1, 0.15) is 0 Å². The number of hydrogen-bond acceptors (Lipinski definition) is 1. The van der Waals surface area contributed by atoms with Crippen LogP contribution >= 0.6 is 11.6 Å². The van der Waals surface area contributed by atoms with E-state index < -0.39 is 0 Å². The van der Waals surface area contributed by atoms with Crippen LogP contribution in [0.25, 0.3) is 10.9 Å². The van der Waals surface area contributed by atoms with Crippen LogP contribution < -0.4 is 0 Å². The molecule has 1 aromatic carbocycles. The number of benzene rings is 1. The molecule has 3 heteroatoms. The van der Waals surface area contributed by atoms with Gasteiger partial charge in [0.25, 0.3) is 0 Å². The molecule has 2 aromatic rings. The molecule has 1 atom stereocenters. The zero-order valence-corrected chi connectivity index (χ0v) is 11.7. The predicted molar refractivity (Wildman–Crippen MR) is 77.8 cm³/mol. The van der Waals surface area contributed by atoms with E-state index in [0.29, 0.717) is 6.04 Å². The highest BCUT2D eigenvalue weighted by Crippen LogP contribution is 2.46. The third kappa shape index (κ3) is 1.81. The zero-order valence-electron chi connectivity index (χ0n) is 10.9. The Bertz CT molecular complexity index is 614. The van der Waals surface area contributed by atoms with Crippen LogP contribution in [0.4, 0.5) is 0 Å². The van der Waals surface area contributed by atoms with Gasteiger partial charge in [-0.15, -0.1) is 0 Å². The normalized spacial score (nSPS) is 25.6. The molecular weight excluding hydrogens is 258 g/mol. The van der Waals surface area contributed by atoms with Crippen LogP contribution in [0.15, 0.2) is 30.5 Å². The molecule has 100 valence electrons. The van der Waals surface area contributed by atoms with Crippen LogP contribution in [0.3, 0.4) is 0 Å². The molecule has 19 heavy (non-hydrogen) atoms. The van der Waals surface area contributed by atoms with Crippen molar-refractivity contribution in [2.45, 2.75) is 43.7 Å². The van der Waals surface area contributed by atoms with Gasteiger partial charge in [0.15, 0.2) is 0 Å². The molecular formula is C16H18ClNO. The first-order chi connectivity index (χ1) is 9.27. The number of fused-ring (bicyclic) bond motifs is 1. The van der Waals surface area contributed by atoms with Crippen LogP contribution in [-0.2, 0) is 4.74 Å². The maximum atomic E-state index is 6.27. The van der Waals surface area contributed by atoms with Crippen molar-refractivity contribution in [3.05, 3.63) is 35.5 Å². The Morgan fingerprint density at radius 1 is 1.26 bits per heavy atom. The first-order valence-corrected chi connectivity index (χ1v) is 7.54. The van der Waals surface area contributed by atoms with Gasteiger partial charge < -0.3 is 9.30 Å². The van der Waals surface area contributed by atoms with Gasteiger partial charge in [0, 0.05) is 34.8 Å². The van der Waals surface area contributed by atoms with Crippen molar-refractivity contribution >= 4 is 22.5 Å². The van der Waals surface area contributed by atoms with E-state index in [0.717, 1.165) is 24.5 Å². The lowest BCUT2D eigenvalue weighted by Gasteiger charge is -2.47. The molecule has 1 aliphatic carbocycles. The average Bonchev–Trinajstić information content (AvgIpc) is 2.82. The fourth-order valence-corrected chi connectivity index (χ4v) is 3.86. The second kappa shape index (κ2) is 4.26. The lowest BCUT2D eigenvalue weighted by Crippen LogP contribution is -2.45. The summed E-state index contributed by atoms with van der Waals surface area (Å²) < 4.78 is 8.43. The predicted octanol–water partition coefficient (Wildman–Crippen LogP) is 4.57. The number of hydrogen-bond donors (Lipinski definition) is 0. The summed E-state index contributed by atoms with van der Waals surface area (Å²) in [7, 11) is 0. The molecule has 1 saturated heterocycles. The van der Waals surface area contributed by atoms with Gasteiger partial charge in [-0.1, -0.05) is 17.7 Å². The molecule has 4 rings (SSSR count). The summed E-state index contributed by atoms with van der Waals surface area (Å²) in [5, 5.41) is 2.01. The molecule has 2 aliphatic rings. The van der Waals surface area contributed by atoms with Crippen LogP contribution in [0.2, 0.25) is 5.02 Å². The van der Waals surface area contributed by atoms with Crippen molar-refractivity contribution in [1.82, 2.24) is 4.57 Å². The lowest BCUT2D eigenvalue weighted by molar-refractivity contribution is -0.140. The highest BCUT2D eigenvalue weighted by molar-refractivity contribution is 6.35. The number of rotatable bonds is 1. The maximum Gasteiger partial charge on any atom is 0.0702 e. The Balaban J connectivity index is 1.72. The maximum absolute atomic E-state index is 6.27. The quantitative estimate of drug-likeness (QED) is 0.744. The molecule has 2 nitrogen and oxygen atoms in total. The fraction of sp³-hybridized carbons (Fsp3) is 0.500. The molecule has 1 unspecified atom stereocenters. The SMILES string of the molecule is Clc1cccc2c1ccn2C1CCOC2(CCC2)C1. The molecule has 2 fully saturated rings. The van der Waals surface area contributed by atoms with Crippen LogP contribution in [0, 0.1) is 0 Å². The molecule has 0 bridgehead atoms. The summed E-state index contributed by atoms with van der Waals surface area (Å²) >= 11 is 6.27. The van der Waals surface area contributed by atoms with Crippen molar-refractivity contribution in [2.75, 3.05) is 6.61 Å². The highest BCUT2D eigenvalue weighted by Gasteiger charge is 2.43. The first-order valence-electron chi connectivity index (χ1n) is 7.16. The van der Waals surface area contributed by atoms with Gasteiger partial charge in [0.05, 0.1) is 5.60 Å². The molecule has 1 saturated carbocycles. The summed E-state index contributed by atoms with van der Waals surface area (Å²) in [6.07, 6.45) is 8.26. The summed E-state index contributed by atoms with van der Waals surface area (Å²) in [6, 6.07) is 8.88. The van der Waals surface area contributed by atoms with Gasteiger partial charge in [-0.3, -0.25) is 0 Å².